The maximum Gasteiger partial charge on any atom is 0.269 e. The van der Waals surface area contributed by atoms with Gasteiger partial charge in [-0.25, -0.2) is 0 Å². The normalized spacial score (nSPS) is 14.5. The van der Waals surface area contributed by atoms with E-state index in [2.05, 4.69) is 26.3 Å². The summed E-state index contributed by atoms with van der Waals surface area (Å²) in [7, 11) is 0. The van der Waals surface area contributed by atoms with Crippen LogP contribution >= 0.6 is 11.6 Å². The molecule has 10 heteroatoms. The highest BCUT2D eigenvalue weighted by molar-refractivity contribution is 6.30. The predicted octanol–water partition coefficient (Wildman–Crippen LogP) is 3.05. The second-order valence-electron chi connectivity index (χ2n) is 8.11. The van der Waals surface area contributed by atoms with Crippen molar-refractivity contribution in [3.05, 3.63) is 94.5 Å². The monoisotopic (exact) mass is 488 g/mol. The Morgan fingerprint density at radius 2 is 1.83 bits per heavy atom. The first kappa shape index (κ1) is 22.5. The Hall–Kier alpha value is -4.24. The summed E-state index contributed by atoms with van der Waals surface area (Å²) in [6, 6.07) is 21.9. The molecule has 1 aromatic heterocycles. The lowest BCUT2D eigenvalue weighted by Gasteiger charge is -2.24. The van der Waals surface area contributed by atoms with E-state index in [1.807, 2.05) is 30.3 Å². The molecule has 0 fully saturated rings. The number of nitrogens with zero attached hydrogens (tertiary/aromatic N) is 4. The van der Waals surface area contributed by atoms with E-state index < -0.39 is 11.8 Å². The smallest absolute Gasteiger partial charge is 0.269 e. The minimum Gasteiger partial charge on any atom is -0.492 e. The van der Waals surface area contributed by atoms with E-state index >= 15 is 0 Å². The number of rotatable bonds is 5. The molecule has 2 heterocycles. The predicted molar refractivity (Wildman–Crippen MR) is 129 cm³/mol. The third-order valence-electron chi connectivity index (χ3n) is 5.62. The van der Waals surface area contributed by atoms with Crippen LogP contribution in [0, 0.1) is 5.92 Å². The van der Waals surface area contributed by atoms with E-state index in [4.69, 9.17) is 16.3 Å². The first-order chi connectivity index (χ1) is 17.0. The number of hydrazine groups is 1. The number of carbonyl (C=O) groups excluding carboxylic acids is 2. The average Bonchev–Trinajstić information content (AvgIpc) is 3.36. The molecule has 5 rings (SSSR count). The fraction of sp³-hybridized carbons (Fsp3) is 0.160. The molecule has 2 amide bonds. The molecule has 1 aliphatic heterocycles. The lowest BCUT2D eigenvalue weighted by molar-refractivity contribution is -0.127. The van der Waals surface area contributed by atoms with Gasteiger partial charge in [0.25, 0.3) is 5.91 Å². The van der Waals surface area contributed by atoms with E-state index in [1.165, 1.54) is 4.80 Å². The Balaban J connectivity index is 1.14. The fourth-order valence-corrected chi connectivity index (χ4v) is 3.96. The van der Waals surface area contributed by atoms with Gasteiger partial charge in [-0.3, -0.25) is 20.4 Å². The number of benzene rings is 3. The SMILES string of the molecule is O=C(NNC(=O)C1COc2ccc(Cl)cc2C1)c1ccc(Cn2nnc(-c3ccccc3)n2)cc1. The highest BCUT2D eigenvalue weighted by atomic mass is 35.5. The van der Waals surface area contributed by atoms with E-state index in [9.17, 15) is 9.59 Å². The number of hydrogen-bond acceptors (Lipinski definition) is 6. The van der Waals surface area contributed by atoms with Crippen molar-refractivity contribution in [1.82, 2.24) is 31.1 Å². The van der Waals surface area contributed by atoms with Gasteiger partial charge in [0, 0.05) is 16.1 Å². The Labute approximate surface area is 206 Å². The maximum absolute atomic E-state index is 12.5. The molecule has 0 saturated carbocycles. The largest absolute Gasteiger partial charge is 0.492 e. The summed E-state index contributed by atoms with van der Waals surface area (Å²) in [4.78, 5) is 26.5. The standard InChI is InChI=1S/C25H21ClN6O3/c26-21-10-11-22-19(13-21)12-20(15-35-22)25(34)29-28-24(33)18-8-6-16(7-9-18)14-32-30-23(27-31-32)17-4-2-1-3-5-17/h1-11,13,20H,12,14-15H2,(H,28,33)(H,29,34). The van der Waals surface area contributed by atoms with E-state index in [0.717, 1.165) is 22.4 Å². The molecule has 35 heavy (non-hydrogen) atoms. The van der Waals surface area contributed by atoms with Crippen LogP contribution in [-0.4, -0.2) is 38.6 Å². The van der Waals surface area contributed by atoms with Crippen molar-refractivity contribution in [3.63, 3.8) is 0 Å². The number of ether oxygens (including phenoxy) is 1. The number of tetrazole rings is 1. The minimum absolute atomic E-state index is 0.230. The summed E-state index contributed by atoms with van der Waals surface area (Å²) in [5, 5.41) is 13.2. The van der Waals surface area contributed by atoms with E-state index in [0.29, 0.717) is 29.4 Å². The van der Waals surface area contributed by atoms with Crippen molar-refractivity contribution in [2.24, 2.45) is 5.92 Å². The van der Waals surface area contributed by atoms with Crippen molar-refractivity contribution < 1.29 is 14.3 Å². The van der Waals surface area contributed by atoms with Crippen LogP contribution < -0.4 is 15.6 Å². The van der Waals surface area contributed by atoms with Crippen LogP contribution in [0.15, 0.2) is 72.8 Å². The molecule has 1 unspecified atom stereocenters. The molecule has 0 saturated heterocycles. The van der Waals surface area contributed by atoms with Crippen LogP contribution in [0.1, 0.15) is 21.5 Å². The number of hydrogen-bond donors (Lipinski definition) is 2. The van der Waals surface area contributed by atoms with Gasteiger partial charge in [-0.15, -0.1) is 10.2 Å². The van der Waals surface area contributed by atoms with E-state index in [1.54, 1.807) is 42.5 Å². The molecule has 2 N–H and O–H groups in total. The first-order valence-corrected chi connectivity index (χ1v) is 11.4. The van der Waals surface area contributed by atoms with Crippen molar-refractivity contribution in [1.29, 1.82) is 0 Å². The molecule has 3 aromatic carbocycles. The number of fused-ring (bicyclic) bond motifs is 1. The van der Waals surface area contributed by atoms with Gasteiger partial charge in [-0.1, -0.05) is 54.1 Å². The maximum atomic E-state index is 12.5. The van der Waals surface area contributed by atoms with Gasteiger partial charge in [-0.2, -0.15) is 4.80 Å². The molecule has 1 aliphatic rings. The number of halogens is 1. The Morgan fingerprint density at radius 3 is 2.63 bits per heavy atom. The van der Waals surface area contributed by atoms with Gasteiger partial charge in [0.2, 0.25) is 11.7 Å². The number of nitrogens with one attached hydrogen (secondary N) is 2. The molecule has 4 aromatic rings. The zero-order chi connectivity index (χ0) is 24.2. The van der Waals surface area contributed by atoms with Crippen LogP contribution in [0.4, 0.5) is 0 Å². The van der Waals surface area contributed by atoms with Crippen molar-refractivity contribution in [3.8, 4) is 17.1 Å². The summed E-state index contributed by atoms with van der Waals surface area (Å²) < 4.78 is 5.64. The zero-order valence-corrected chi connectivity index (χ0v) is 19.3. The molecule has 0 radical (unpaired) electrons. The molecule has 0 aliphatic carbocycles. The van der Waals surface area contributed by atoms with Gasteiger partial charge >= 0.3 is 0 Å². The summed E-state index contributed by atoms with van der Waals surface area (Å²) in [6.45, 7) is 0.638. The molecular formula is C25H21ClN6O3. The molecule has 176 valence electrons. The van der Waals surface area contributed by atoms with Gasteiger partial charge in [0.15, 0.2) is 0 Å². The van der Waals surface area contributed by atoms with Gasteiger partial charge in [-0.05, 0) is 53.1 Å². The topological polar surface area (TPSA) is 111 Å². The molecule has 0 bridgehead atoms. The Kier molecular flexibility index (Phi) is 6.40. The zero-order valence-electron chi connectivity index (χ0n) is 18.5. The van der Waals surface area contributed by atoms with Crippen LogP contribution in [0.25, 0.3) is 11.4 Å². The van der Waals surface area contributed by atoms with E-state index in [-0.39, 0.29) is 12.5 Å². The highest BCUT2D eigenvalue weighted by Crippen LogP contribution is 2.29. The number of carbonyl (C=O) groups is 2. The number of aromatic nitrogens is 4. The highest BCUT2D eigenvalue weighted by Gasteiger charge is 2.26. The van der Waals surface area contributed by atoms with Gasteiger partial charge in [0.1, 0.15) is 12.4 Å². The summed E-state index contributed by atoms with van der Waals surface area (Å²) in [5.41, 5.74) is 8.01. The van der Waals surface area contributed by atoms with Crippen LogP contribution in [0.3, 0.4) is 0 Å². The lowest BCUT2D eigenvalue weighted by Crippen LogP contribution is -2.47. The van der Waals surface area contributed by atoms with Crippen molar-refractivity contribution in [2.45, 2.75) is 13.0 Å². The second-order valence-corrected chi connectivity index (χ2v) is 8.55. The molecule has 1 atom stereocenters. The van der Waals surface area contributed by atoms with Gasteiger partial charge < -0.3 is 4.74 Å². The quantitative estimate of drug-likeness (QED) is 0.418. The minimum atomic E-state index is -0.431. The molecule has 9 nitrogen and oxygen atoms in total. The third kappa shape index (κ3) is 5.30. The van der Waals surface area contributed by atoms with Gasteiger partial charge in [0.05, 0.1) is 12.5 Å². The second kappa shape index (κ2) is 9.94. The fourth-order valence-electron chi connectivity index (χ4n) is 3.76. The van der Waals surface area contributed by atoms with Crippen LogP contribution in [-0.2, 0) is 17.8 Å². The molecule has 0 spiro atoms. The van der Waals surface area contributed by atoms with Crippen LogP contribution in [0.5, 0.6) is 5.75 Å². The Bertz CT molecular complexity index is 1360. The van der Waals surface area contributed by atoms with Crippen molar-refractivity contribution in [2.75, 3.05) is 6.61 Å². The van der Waals surface area contributed by atoms with Crippen LogP contribution in [0.2, 0.25) is 5.02 Å². The summed E-state index contributed by atoms with van der Waals surface area (Å²) in [5.74, 6) is 0.0919. The molecular weight excluding hydrogens is 468 g/mol. The summed E-state index contributed by atoms with van der Waals surface area (Å²) >= 11 is 6.03. The summed E-state index contributed by atoms with van der Waals surface area (Å²) in [6.07, 6.45) is 0.481. The van der Waals surface area contributed by atoms with Crippen molar-refractivity contribution >= 4 is 23.4 Å². The third-order valence-corrected chi connectivity index (χ3v) is 5.86. The average molecular weight is 489 g/mol. The first-order valence-electron chi connectivity index (χ1n) is 11.0. The lowest BCUT2D eigenvalue weighted by atomic mass is 9.96. The number of amides is 2. The Morgan fingerprint density at radius 1 is 1.03 bits per heavy atom.